The summed E-state index contributed by atoms with van der Waals surface area (Å²) in [6.07, 6.45) is 2.57. The van der Waals surface area contributed by atoms with Gasteiger partial charge in [-0.3, -0.25) is 4.79 Å². The molecule has 0 N–H and O–H groups in total. The van der Waals surface area contributed by atoms with Crippen LogP contribution in [-0.2, 0) is 22.5 Å². The van der Waals surface area contributed by atoms with E-state index in [2.05, 4.69) is 67.8 Å². The number of fused-ring (bicyclic) bond motifs is 1. The first kappa shape index (κ1) is 22.8. The minimum absolute atomic E-state index is 0.101. The van der Waals surface area contributed by atoms with E-state index in [-0.39, 0.29) is 12.0 Å². The topological polar surface area (TPSA) is 42.4 Å². The van der Waals surface area contributed by atoms with Crippen molar-refractivity contribution in [1.29, 1.82) is 0 Å². The summed E-state index contributed by atoms with van der Waals surface area (Å²) in [6.45, 7) is 6.13. The summed E-state index contributed by atoms with van der Waals surface area (Å²) in [6, 6.07) is 19.0. The first-order valence-electron chi connectivity index (χ1n) is 11.9. The summed E-state index contributed by atoms with van der Waals surface area (Å²) < 4.78 is 5.92. The number of nitrogens with zero attached hydrogens (tertiary/aromatic N) is 2. The third kappa shape index (κ3) is 5.06. The molecule has 0 spiro atoms. The van der Waals surface area contributed by atoms with Gasteiger partial charge in [0.15, 0.2) is 0 Å². The minimum atomic E-state index is 0.101. The van der Waals surface area contributed by atoms with Gasteiger partial charge in [-0.1, -0.05) is 35.9 Å². The van der Waals surface area contributed by atoms with Gasteiger partial charge < -0.3 is 9.64 Å². The molecule has 5 rings (SSSR count). The van der Waals surface area contributed by atoms with Crippen LogP contribution in [0.3, 0.4) is 0 Å². The van der Waals surface area contributed by atoms with Crippen LogP contribution in [0.4, 0.5) is 0 Å². The minimum Gasteiger partial charge on any atom is -0.376 e. The molecule has 3 heterocycles. The number of carbonyl (C=O) groups excluding carboxylic acids is 1. The predicted molar refractivity (Wildman–Crippen MR) is 139 cm³/mol. The van der Waals surface area contributed by atoms with E-state index in [4.69, 9.17) is 9.72 Å². The molecule has 0 saturated carbocycles. The molecular weight excluding hydrogens is 440 g/mol. The van der Waals surface area contributed by atoms with Gasteiger partial charge in [-0.25, -0.2) is 4.98 Å². The Morgan fingerprint density at radius 3 is 2.79 bits per heavy atom. The number of aromatic nitrogens is 1. The molecule has 1 aliphatic heterocycles. The molecule has 1 amide bonds. The van der Waals surface area contributed by atoms with E-state index in [1.165, 1.54) is 11.1 Å². The Morgan fingerprint density at radius 2 is 2.03 bits per heavy atom. The second-order valence-electron chi connectivity index (χ2n) is 9.22. The fourth-order valence-electron chi connectivity index (χ4n) is 4.71. The highest BCUT2D eigenvalue weighted by atomic mass is 32.1. The quantitative estimate of drug-likeness (QED) is 0.317. The van der Waals surface area contributed by atoms with E-state index in [0.29, 0.717) is 19.5 Å². The summed E-state index contributed by atoms with van der Waals surface area (Å²) in [7, 11) is 0. The molecule has 1 atom stereocenters. The zero-order valence-corrected chi connectivity index (χ0v) is 20.6. The van der Waals surface area contributed by atoms with Gasteiger partial charge in [-0.15, -0.1) is 0 Å². The number of amides is 1. The van der Waals surface area contributed by atoms with Gasteiger partial charge in [0.05, 0.1) is 23.7 Å². The monoisotopic (exact) mass is 470 g/mol. The molecule has 2 aromatic heterocycles. The lowest BCUT2D eigenvalue weighted by molar-refractivity contribution is -0.132. The number of benzene rings is 2. The van der Waals surface area contributed by atoms with Crippen LogP contribution in [0.1, 0.15) is 35.1 Å². The maximum absolute atomic E-state index is 13.5. The van der Waals surface area contributed by atoms with Gasteiger partial charge in [0.25, 0.3) is 0 Å². The molecule has 4 nitrogen and oxygen atoms in total. The fourth-order valence-corrected chi connectivity index (χ4v) is 5.37. The Morgan fingerprint density at radius 1 is 1.15 bits per heavy atom. The van der Waals surface area contributed by atoms with Crippen molar-refractivity contribution in [1.82, 2.24) is 9.88 Å². The van der Waals surface area contributed by atoms with E-state index in [0.717, 1.165) is 52.7 Å². The second-order valence-corrected chi connectivity index (χ2v) is 10.0. The standard InChI is InChI=1S/C29H30N2O2S/c1-20-9-10-27-23(14-20)16-24(29(30-27)26-8-4-3-6-21(26)2)17-31(18-25-7-5-12-33-25)28(32)15-22-11-13-34-19-22/h3-4,6,8-11,13-14,16,19,25H,5,7,12,15,17-18H2,1-2H3/t25-/m1/s1. The second kappa shape index (κ2) is 10.1. The number of hydrogen-bond acceptors (Lipinski definition) is 4. The van der Waals surface area contributed by atoms with Crippen molar-refractivity contribution in [2.45, 2.75) is 45.8 Å². The molecule has 0 bridgehead atoms. The van der Waals surface area contributed by atoms with Crippen molar-refractivity contribution in [3.63, 3.8) is 0 Å². The third-order valence-electron chi connectivity index (χ3n) is 6.55. The molecule has 1 fully saturated rings. The predicted octanol–water partition coefficient (Wildman–Crippen LogP) is 6.33. The lowest BCUT2D eigenvalue weighted by atomic mass is 9.98. The SMILES string of the molecule is Cc1ccc2nc(-c3ccccc3C)c(CN(C[C@H]3CCCO3)C(=O)Cc3ccsc3)cc2c1. The van der Waals surface area contributed by atoms with Crippen LogP contribution in [0.15, 0.2) is 65.4 Å². The zero-order valence-electron chi connectivity index (χ0n) is 19.8. The highest BCUT2D eigenvalue weighted by molar-refractivity contribution is 7.08. The van der Waals surface area contributed by atoms with Crippen LogP contribution in [0, 0.1) is 13.8 Å². The number of pyridine rings is 1. The molecule has 0 aliphatic carbocycles. The molecule has 1 saturated heterocycles. The summed E-state index contributed by atoms with van der Waals surface area (Å²) in [5, 5.41) is 5.19. The van der Waals surface area contributed by atoms with Crippen LogP contribution >= 0.6 is 11.3 Å². The van der Waals surface area contributed by atoms with Crippen LogP contribution < -0.4 is 0 Å². The summed E-state index contributed by atoms with van der Waals surface area (Å²) in [5.74, 6) is 0.133. The summed E-state index contributed by atoms with van der Waals surface area (Å²) in [4.78, 5) is 20.6. The largest absolute Gasteiger partial charge is 0.376 e. The van der Waals surface area contributed by atoms with E-state index in [1.54, 1.807) is 11.3 Å². The van der Waals surface area contributed by atoms with E-state index >= 15 is 0 Å². The van der Waals surface area contributed by atoms with Gasteiger partial charge in [0, 0.05) is 30.6 Å². The molecule has 34 heavy (non-hydrogen) atoms. The molecule has 0 unspecified atom stereocenters. The highest BCUT2D eigenvalue weighted by Crippen LogP contribution is 2.30. The van der Waals surface area contributed by atoms with Gasteiger partial charge in [0.2, 0.25) is 5.91 Å². The van der Waals surface area contributed by atoms with Crippen LogP contribution in [-0.4, -0.2) is 35.0 Å². The van der Waals surface area contributed by atoms with Crippen LogP contribution in [0.25, 0.3) is 22.2 Å². The van der Waals surface area contributed by atoms with Crippen molar-refractivity contribution in [2.75, 3.05) is 13.2 Å². The molecule has 174 valence electrons. The van der Waals surface area contributed by atoms with E-state index in [1.807, 2.05) is 16.3 Å². The van der Waals surface area contributed by atoms with Crippen LogP contribution in [0.2, 0.25) is 0 Å². The van der Waals surface area contributed by atoms with Crippen molar-refractivity contribution in [3.05, 3.63) is 87.6 Å². The Labute approximate surface area is 205 Å². The third-order valence-corrected chi connectivity index (χ3v) is 7.28. The van der Waals surface area contributed by atoms with Gasteiger partial charge in [-0.2, -0.15) is 11.3 Å². The first-order chi connectivity index (χ1) is 16.6. The van der Waals surface area contributed by atoms with Gasteiger partial charge >= 0.3 is 0 Å². The maximum atomic E-state index is 13.5. The van der Waals surface area contributed by atoms with Crippen molar-refractivity contribution >= 4 is 28.1 Å². The highest BCUT2D eigenvalue weighted by Gasteiger charge is 2.24. The smallest absolute Gasteiger partial charge is 0.227 e. The zero-order chi connectivity index (χ0) is 23.5. The normalized spacial score (nSPS) is 15.6. The number of thiophene rings is 1. The average Bonchev–Trinajstić information content (AvgIpc) is 3.53. The lowest BCUT2D eigenvalue weighted by Gasteiger charge is -2.27. The van der Waals surface area contributed by atoms with Crippen molar-refractivity contribution in [3.8, 4) is 11.3 Å². The average molecular weight is 471 g/mol. The van der Waals surface area contributed by atoms with E-state index in [9.17, 15) is 4.79 Å². The Hall–Kier alpha value is -3.02. The lowest BCUT2D eigenvalue weighted by Crippen LogP contribution is -2.38. The molecule has 1 aliphatic rings. The number of hydrogen-bond donors (Lipinski definition) is 0. The number of ether oxygens (including phenoxy) is 1. The molecular formula is C29H30N2O2S. The number of aryl methyl sites for hydroxylation is 2. The van der Waals surface area contributed by atoms with Gasteiger partial charge in [0.1, 0.15) is 0 Å². The number of rotatable bonds is 7. The molecule has 5 heteroatoms. The summed E-state index contributed by atoms with van der Waals surface area (Å²) >= 11 is 1.63. The molecule has 0 radical (unpaired) electrons. The van der Waals surface area contributed by atoms with Crippen LogP contribution in [0.5, 0.6) is 0 Å². The van der Waals surface area contributed by atoms with E-state index < -0.39 is 0 Å². The molecule has 2 aromatic carbocycles. The Bertz CT molecular complexity index is 1290. The fraction of sp³-hybridized carbons (Fsp3) is 0.310. The Balaban J connectivity index is 1.55. The first-order valence-corrected chi connectivity index (χ1v) is 12.9. The Kier molecular flexibility index (Phi) is 6.75. The van der Waals surface area contributed by atoms with Gasteiger partial charge in [-0.05, 0) is 78.4 Å². The van der Waals surface area contributed by atoms with Crippen molar-refractivity contribution in [2.24, 2.45) is 0 Å². The number of carbonyl (C=O) groups is 1. The molecule has 4 aromatic rings. The van der Waals surface area contributed by atoms with Crippen molar-refractivity contribution < 1.29 is 9.53 Å². The summed E-state index contributed by atoms with van der Waals surface area (Å²) in [5.41, 5.74) is 7.56. The maximum Gasteiger partial charge on any atom is 0.227 e.